The van der Waals surface area contributed by atoms with Crippen LogP contribution >= 0.6 is 0 Å². The Bertz CT molecular complexity index is 1160. The van der Waals surface area contributed by atoms with E-state index in [0.717, 1.165) is 22.6 Å². The molecule has 2 aromatic carbocycles. The Labute approximate surface area is 173 Å². The quantitative estimate of drug-likeness (QED) is 0.512. The standard InChI is InChI=1S/C21H21N7O2/c1-13-4-8-16(9-5-13)28-14(2)19(25-27-28)21(29)22-12-18-23-20(26-24-18)15-6-10-17(30-3)11-7-15/h4-11H,12H2,1-3H3,(H,22,29)(H,23,24,26). The third-order valence-corrected chi connectivity index (χ3v) is 4.68. The van der Waals surface area contributed by atoms with Gasteiger partial charge >= 0.3 is 0 Å². The summed E-state index contributed by atoms with van der Waals surface area (Å²) in [6, 6.07) is 15.3. The molecule has 9 nitrogen and oxygen atoms in total. The highest BCUT2D eigenvalue weighted by Crippen LogP contribution is 2.19. The first-order valence-electron chi connectivity index (χ1n) is 9.38. The molecule has 4 aromatic rings. The van der Waals surface area contributed by atoms with Crippen molar-refractivity contribution in [2.24, 2.45) is 0 Å². The van der Waals surface area contributed by atoms with Gasteiger partial charge < -0.3 is 10.1 Å². The van der Waals surface area contributed by atoms with Crippen LogP contribution in [0.2, 0.25) is 0 Å². The van der Waals surface area contributed by atoms with Crippen molar-refractivity contribution >= 4 is 5.91 Å². The van der Waals surface area contributed by atoms with E-state index in [2.05, 4.69) is 30.8 Å². The molecular weight excluding hydrogens is 382 g/mol. The number of benzene rings is 2. The zero-order valence-electron chi connectivity index (χ0n) is 16.9. The second-order valence-electron chi connectivity index (χ2n) is 6.79. The van der Waals surface area contributed by atoms with Gasteiger partial charge in [0, 0.05) is 5.56 Å². The molecule has 0 bridgehead atoms. The molecule has 0 saturated carbocycles. The number of nitrogens with one attached hydrogen (secondary N) is 2. The summed E-state index contributed by atoms with van der Waals surface area (Å²) in [5, 5.41) is 18.0. The van der Waals surface area contributed by atoms with Crippen molar-refractivity contribution in [3.8, 4) is 22.8 Å². The lowest BCUT2D eigenvalue weighted by Gasteiger charge is -2.04. The molecule has 1 amide bonds. The maximum Gasteiger partial charge on any atom is 0.274 e. The summed E-state index contributed by atoms with van der Waals surface area (Å²) in [5.41, 5.74) is 3.78. The molecule has 0 aliphatic heterocycles. The minimum absolute atomic E-state index is 0.193. The summed E-state index contributed by atoms with van der Waals surface area (Å²) < 4.78 is 6.80. The Balaban J connectivity index is 1.43. The average Bonchev–Trinajstić information content (AvgIpc) is 3.40. The number of ether oxygens (including phenoxy) is 1. The molecule has 2 N–H and O–H groups in total. The maximum atomic E-state index is 12.6. The fraction of sp³-hybridized carbons (Fsp3) is 0.190. The van der Waals surface area contributed by atoms with Crippen LogP contribution in [0.15, 0.2) is 48.5 Å². The van der Waals surface area contributed by atoms with Gasteiger partial charge in [0.2, 0.25) is 0 Å². The van der Waals surface area contributed by atoms with Gasteiger partial charge in [0.25, 0.3) is 5.91 Å². The number of hydrogen-bond acceptors (Lipinski definition) is 6. The van der Waals surface area contributed by atoms with Gasteiger partial charge in [-0.3, -0.25) is 9.89 Å². The van der Waals surface area contributed by atoms with E-state index in [-0.39, 0.29) is 18.1 Å². The monoisotopic (exact) mass is 403 g/mol. The molecule has 2 aromatic heterocycles. The SMILES string of the molecule is COc1ccc(-c2n[nH]c(CNC(=O)c3nnn(-c4ccc(C)cc4)c3C)n2)cc1. The van der Waals surface area contributed by atoms with Gasteiger partial charge in [0.15, 0.2) is 11.5 Å². The average molecular weight is 403 g/mol. The lowest BCUT2D eigenvalue weighted by Crippen LogP contribution is -2.24. The van der Waals surface area contributed by atoms with Crippen molar-refractivity contribution in [2.45, 2.75) is 20.4 Å². The Morgan fingerprint density at radius 3 is 2.53 bits per heavy atom. The van der Waals surface area contributed by atoms with Crippen LogP contribution in [0, 0.1) is 13.8 Å². The lowest BCUT2D eigenvalue weighted by atomic mass is 10.2. The first-order valence-corrected chi connectivity index (χ1v) is 9.38. The Kier molecular flexibility index (Phi) is 5.25. The van der Waals surface area contributed by atoms with E-state index in [1.165, 1.54) is 0 Å². The summed E-state index contributed by atoms with van der Waals surface area (Å²) in [7, 11) is 1.61. The number of amides is 1. The van der Waals surface area contributed by atoms with Crippen LogP contribution in [0.25, 0.3) is 17.1 Å². The van der Waals surface area contributed by atoms with Crippen LogP contribution in [0.1, 0.15) is 27.6 Å². The Morgan fingerprint density at radius 2 is 1.83 bits per heavy atom. The van der Waals surface area contributed by atoms with E-state index >= 15 is 0 Å². The minimum Gasteiger partial charge on any atom is -0.497 e. The molecule has 0 aliphatic carbocycles. The van der Waals surface area contributed by atoms with Crippen molar-refractivity contribution in [3.05, 3.63) is 71.3 Å². The molecular formula is C21H21N7O2. The number of methoxy groups -OCH3 is 1. The van der Waals surface area contributed by atoms with Crippen LogP contribution in [-0.2, 0) is 6.54 Å². The van der Waals surface area contributed by atoms with E-state index in [0.29, 0.717) is 17.3 Å². The molecule has 152 valence electrons. The van der Waals surface area contributed by atoms with Crippen LogP contribution < -0.4 is 10.1 Å². The highest BCUT2D eigenvalue weighted by atomic mass is 16.5. The maximum absolute atomic E-state index is 12.6. The molecule has 0 spiro atoms. The number of rotatable bonds is 6. The summed E-state index contributed by atoms with van der Waals surface area (Å²) in [6.45, 7) is 4.02. The Morgan fingerprint density at radius 1 is 1.10 bits per heavy atom. The minimum atomic E-state index is -0.326. The van der Waals surface area contributed by atoms with E-state index in [9.17, 15) is 4.79 Å². The summed E-state index contributed by atoms with van der Waals surface area (Å²) in [6.07, 6.45) is 0. The Hall–Kier alpha value is -4.01. The van der Waals surface area contributed by atoms with Gasteiger partial charge in [-0.2, -0.15) is 5.10 Å². The number of aromatic nitrogens is 6. The van der Waals surface area contributed by atoms with Gasteiger partial charge in [0.05, 0.1) is 25.0 Å². The number of H-pyrrole nitrogens is 1. The highest BCUT2D eigenvalue weighted by Gasteiger charge is 2.17. The second-order valence-corrected chi connectivity index (χ2v) is 6.79. The van der Waals surface area contributed by atoms with E-state index < -0.39 is 0 Å². The topological polar surface area (TPSA) is 111 Å². The van der Waals surface area contributed by atoms with Crippen molar-refractivity contribution in [3.63, 3.8) is 0 Å². The van der Waals surface area contributed by atoms with Gasteiger partial charge in [-0.1, -0.05) is 22.9 Å². The van der Waals surface area contributed by atoms with E-state index in [1.807, 2.05) is 62.4 Å². The highest BCUT2D eigenvalue weighted by molar-refractivity contribution is 5.93. The van der Waals surface area contributed by atoms with Gasteiger partial charge in [-0.05, 0) is 50.2 Å². The molecule has 0 fully saturated rings. The van der Waals surface area contributed by atoms with Crippen LogP contribution in [0.3, 0.4) is 0 Å². The van der Waals surface area contributed by atoms with Crippen LogP contribution in [0.4, 0.5) is 0 Å². The summed E-state index contributed by atoms with van der Waals surface area (Å²) in [4.78, 5) is 17.0. The number of aryl methyl sites for hydroxylation is 1. The molecule has 2 heterocycles. The number of carbonyl (C=O) groups excluding carboxylic acids is 1. The predicted molar refractivity (Wildman–Crippen MR) is 110 cm³/mol. The number of hydrogen-bond donors (Lipinski definition) is 2. The number of carbonyl (C=O) groups is 1. The predicted octanol–water partition coefficient (Wildman–Crippen LogP) is 2.61. The lowest BCUT2D eigenvalue weighted by molar-refractivity contribution is 0.0944. The van der Waals surface area contributed by atoms with Crippen molar-refractivity contribution < 1.29 is 9.53 Å². The normalized spacial score (nSPS) is 10.8. The van der Waals surface area contributed by atoms with E-state index in [4.69, 9.17) is 4.74 Å². The fourth-order valence-corrected chi connectivity index (χ4v) is 2.96. The zero-order chi connectivity index (χ0) is 21.1. The van der Waals surface area contributed by atoms with Gasteiger partial charge in [0.1, 0.15) is 11.6 Å². The largest absolute Gasteiger partial charge is 0.497 e. The number of aromatic amines is 1. The van der Waals surface area contributed by atoms with Crippen molar-refractivity contribution in [1.29, 1.82) is 0 Å². The van der Waals surface area contributed by atoms with Gasteiger partial charge in [-0.15, -0.1) is 5.10 Å². The molecule has 0 radical (unpaired) electrons. The molecule has 9 heteroatoms. The first-order chi connectivity index (χ1) is 14.5. The molecule has 4 rings (SSSR count). The van der Waals surface area contributed by atoms with E-state index in [1.54, 1.807) is 11.8 Å². The zero-order valence-corrected chi connectivity index (χ0v) is 16.9. The smallest absolute Gasteiger partial charge is 0.274 e. The van der Waals surface area contributed by atoms with Gasteiger partial charge in [-0.25, -0.2) is 9.67 Å². The van der Waals surface area contributed by atoms with Crippen molar-refractivity contribution in [2.75, 3.05) is 7.11 Å². The molecule has 30 heavy (non-hydrogen) atoms. The van der Waals surface area contributed by atoms with Crippen LogP contribution in [0.5, 0.6) is 5.75 Å². The fourth-order valence-electron chi connectivity index (χ4n) is 2.96. The third kappa shape index (κ3) is 3.90. The molecule has 0 unspecified atom stereocenters. The third-order valence-electron chi connectivity index (χ3n) is 4.68. The molecule has 0 saturated heterocycles. The molecule has 0 atom stereocenters. The van der Waals surface area contributed by atoms with Crippen molar-refractivity contribution in [1.82, 2.24) is 35.5 Å². The second kappa shape index (κ2) is 8.16. The summed E-state index contributed by atoms with van der Waals surface area (Å²) in [5.74, 6) is 1.52. The van der Waals surface area contributed by atoms with Crippen LogP contribution in [-0.4, -0.2) is 43.2 Å². The number of nitrogens with zero attached hydrogens (tertiary/aromatic N) is 5. The summed E-state index contributed by atoms with van der Waals surface area (Å²) >= 11 is 0. The molecule has 0 aliphatic rings. The first kappa shape index (κ1) is 19.3.